The van der Waals surface area contributed by atoms with Crippen LogP contribution in [-0.2, 0) is 4.79 Å². The topological polar surface area (TPSA) is 41.6 Å². The second-order valence-corrected chi connectivity index (χ2v) is 4.06. The third-order valence-electron chi connectivity index (χ3n) is 2.22. The lowest BCUT2D eigenvalue weighted by atomic mass is 10.3. The number of nitrogens with one attached hydrogen (secondary N) is 1. The molecule has 1 rings (SSSR count). The molecule has 0 aliphatic heterocycles. The monoisotopic (exact) mass is 236 g/mol. The van der Waals surface area contributed by atoms with E-state index in [0.717, 1.165) is 12.3 Å². The number of rotatable bonds is 7. The van der Waals surface area contributed by atoms with Gasteiger partial charge in [-0.25, -0.2) is 0 Å². The lowest BCUT2D eigenvalue weighted by molar-refractivity contribution is -0.121. The van der Waals surface area contributed by atoms with Crippen molar-refractivity contribution in [1.82, 2.24) is 10.2 Å². The van der Waals surface area contributed by atoms with Crippen molar-refractivity contribution in [2.75, 3.05) is 33.8 Å². The van der Waals surface area contributed by atoms with Crippen molar-refractivity contribution in [3.8, 4) is 5.75 Å². The van der Waals surface area contributed by atoms with E-state index < -0.39 is 0 Å². The average Bonchev–Trinajstić information content (AvgIpc) is 2.30. The van der Waals surface area contributed by atoms with Crippen LogP contribution in [0.5, 0.6) is 5.75 Å². The fraction of sp³-hybridized carbons (Fsp3) is 0.462. The lowest BCUT2D eigenvalue weighted by Gasteiger charge is -2.10. The van der Waals surface area contributed by atoms with E-state index in [9.17, 15) is 4.79 Å². The first-order chi connectivity index (χ1) is 8.18. The van der Waals surface area contributed by atoms with E-state index in [4.69, 9.17) is 4.74 Å². The number of hydrogen-bond donors (Lipinski definition) is 1. The Kier molecular flexibility index (Phi) is 6.10. The second kappa shape index (κ2) is 7.68. The van der Waals surface area contributed by atoms with E-state index in [0.29, 0.717) is 19.6 Å². The summed E-state index contributed by atoms with van der Waals surface area (Å²) >= 11 is 0. The average molecular weight is 236 g/mol. The maximum Gasteiger partial charge on any atom is 0.223 e. The van der Waals surface area contributed by atoms with E-state index in [1.165, 1.54) is 0 Å². The number of nitrogens with zero attached hydrogens (tertiary/aromatic N) is 1. The van der Waals surface area contributed by atoms with Crippen molar-refractivity contribution in [2.45, 2.75) is 6.42 Å². The van der Waals surface area contributed by atoms with Gasteiger partial charge in [0.15, 0.2) is 0 Å². The number of carbonyl (C=O) groups excluding carboxylic acids is 1. The minimum absolute atomic E-state index is 0.0304. The van der Waals surface area contributed by atoms with Gasteiger partial charge < -0.3 is 15.0 Å². The van der Waals surface area contributed by atoms with Gasteiger partial charge in [0.1, 0.15) is 5.75 Å². The van der Waals surface area contributed by atoms with Gasteiger partial charge in [-0.05, 0) is 26.2 Å². The summed E-state index contributed by atoms with van der Waals surface area (Å²) in [5.74, 6) is 0.830. The number of hydrogen-bond acceptors (Lipinski definition) is 3. The van der Waals surface area contributed by atoms with Crippen molar-refractivity contribution in [3.05, 3.63) is 30.3 Å². The summed E-state index contributed by atoms with van der Waals surface area (Å²) < 4.78 is 5.43. The predicted octanol–water partition coefficient (Wildman–Crippen LogP) is 1.13. The number of benzene rings is 1. The Morgan fingerprint density at radius 1 is 1.29 bits per heavy atom. The van der Waals surface area contributed by atoms with E-state index >= 15 is 0 Å². The summed E-state index contributed by atoms with van der Waals surface area (Å²) in [6.45, 7) is 1.94. The Hall–Kier alpha value is -1.55. The zero-order valence-electron chi connectivity index (χ0n) is 10.5. The molecule has 17 heavy (non-hydrogen) atoms. The van der Waals surface area contributed by atoms with E-state index in [2.05, 4.69) is 5.32 Å². The third-order valence-corrected chi connectivity index (χ3v) is 2.22. The fourth-order valence-corrected chi connectivity index (χ4v) is 1.29. The van der Waals surface area contributed by atoms with Gasteiger partial charge >= 0.3 is 0 Å². The van der Waals surface area contributed by atoms with Gasteiger partial charge in [-0.3, -0.25) is 4.79 Å². The Morgan fingerprint density at radius 2 is 2.00 bits per heavy atom. The first-order valence-corrected chi connectivity index (χ1v) is 5.78. The molecule has 4 nitrogen and oxygen atoms in total. The molecule has 0 saturated carbocycles. The molecule has 0 atom stereocenters. The smallest absolute Gasteiger partial charge is 0.223 e. The molecular formula is C13H20N2O2. The lowest BCUT2D eigenvalue weighted by Crippen LogP contribution is -2.32. The summed E-state index contributed by atoms with van der Waals surface area (Å²) in [6, 6.07) is 9.51. The molecule has 0 saturated heterocycles. The highest BCUT2D eigenvalue weighted by Gasteiger charge is 2.01. The maximum absolute atomic E-state index is 11.4. The van der Waals surface area contributed by atoms with Crippen molar-refractivity contribution >= 4 is 5.91 Å². The molecule has 4 heteroatoms. The van der Waals surface area contributed by atoms with Gasteiger partial charge in [-0.2, -0.15) is 0 Å². The van der Waals surface area contributed by atoms with Gasteiger partial charge in [0, 0.05) is 13.1 Å². The van der Waals surface area contributed by atoms with Crippen LogP contribution in [0, 0.1) is 0 Å². The second-order valence-electron chi connectivity index (χ2n) is 4.06. The van der Waals surface area contributed by atoms with E-state index in [1.807, 2.05) is 49.3 Å². The third kappa shape index (κ3) is 6.58. The van der Waals surface area contributed by atoms with Crippen molar-refractivity contribution in [2.24, 2.45) is 0 Å². The molecule has 1 aromatic carbocycles. The summed E-state index contributed by atoms with van der Waals surface area (Å²) in [6.07, 6.45) is 0.391. The Morgan fingerprint density at radius 3 is 2.65 bits per heavy atom. The summed E-state index contributed by atoms with van der Waals surface area (Å²) in [4.78, 5) is 13.4. The van der Waals surface area contributed by atoms with Gasteiger partial charge in [-0.1, -0.05) is 18.2 Å². The SMILES string of the molecule is CN(C)CCNC(=O)CCOc1ccccc1. The van der Waals surface area contributed by atoms with Crippen LogP contribution in [0.25, 0.3) is 0 Å². The first kappa shape index (κ1) is 13.5. The number of amides is 1. The molecule has 0 aromatic heterocycles. The van der Waals surface area contributed by atoms with Crippen LogP contribution >= 0.6 is 0 Å². The Labute approximate surface area is 103 Å². The van der Waals surface area contributed by atoms with Crippen molar-refractivity contribution < 1.29 is 9.53 Å². The van der Waals surface area contributed by atoms with Gasteiger partial charge in [0.05, 0.1) is 13.0 Å². The molecule has 1 aromatic rings. The van der Waals surface area contributed by atoms with Crippen LogP contribution in [0.2, 0.25) is 0 Å². The van der Waals surface area contributed by atoms with Gasteiger partial charge in [0.2, 0.25) is 5.91 Å². The minimum atomic E-state index is 0.0304. The summed E-state index contributed by atoms with van der Waals surface area (Å²) in [7, 11) is 3.95. The molecule has 0 unspecified atom stereocenters. The van der Waals surface area contributed by atoms with Crippen molar-refractivity contribution in [3.63, 3.8) is 0 Å². The molecule has 0 fully saturated rings. The summed E-state index contributed by atoms with van der Waals surface area (Å²) in [5, 5.41) is 2.84. The number of ether oxygens (including phenoxy) is 1. The number of carbonyl (C=O) groups is 1. The molecule has 94 valence electrons. The molecule has 1 N–H and O–H groups in total. The van der Waals surface area contributed by atoms with E-state index in [-0.39, 0.29) is 5.91 Å². The van der Waals surface area contributed by atoms with Crippen LogP contribution in [0.3, 0.4) is 0 Å². The molecular weight excluding hydrogens is 216 g/mol. The van der Waals surface area contributed by atoms with Crippen LogP contribution in [0.1, 0.15) is 6.42 Å². The Bertz CT molecular complexity index is 325. The van der Waals surface area contributed by atoms with Crippen LogP contribution in [0.4, 0.5) is 0 Å². The Balaban J connectivity index is 2.08. The molecule has 0 bridgehead atoms. The van der Waals surface area contributed by atoms with Gasteiger partial charge in [-0.15, -0.1) is 0 Å². The molecule has 0 radical (unpaired) electrons. The zero-order chi connectivity index (χ0) is 12.5. The highest BCUT2D eigenvalue weighted by atomic mass is 16.5. The highest BCUT2D eigenvalue weighted by Crippen LogP contribution is 2.08. The first-order valence-electron chi connectivity index (χ1n) is 5.78. The van der Waals surface area contributed by atoms with Crippen LogP contribution in [0.15, 0.2) is 30.3 Å². The molecule has 1 amide bonds. The number of likely N-dealkylation sites (N-methyl/N-ethyl adjacent to an activating group) is 1. The molecule has 0 aliphatic carbocycles. The largest absolute Gasteiger partial charge is 0.493 e. The zero-order valence-corrected chi connectivity index (χ0v) is 10.5. The maximum atomic E-state index is 11.4. The molecule has 0 aliphatic rings. The van der Waals surface area contributed by atoms with Gasteiger partial charge in [0.25, 0.3) is 0 Å². The van der Waals surface area contributed by atoms with E-state index in [1.54, 1.807) is 0 Å². The number of para-hydroxylation sites is 1. The summed E-state index contributed by atoms with van der Waals surface area (Å²) in [5.41, 5.74) is 0. The quantitative estimate of drug-likeness (QED) is 0.771. The van der Waals surface area contributed by atoms with Crippen LogP contribution in [-0.4, -0.2) is 44.6 Å². The molecule has 0 spiro atoms. The van der Waals surface area contributed by atoms with Crippen molar-refractivity contribution in [1.29, 1.82) is 0 Å². The predicted molar refractivity (Wildman–Crippen MR) is 68.1 cm³/mol. The standard InChI is InChI=1S/C13H20N2O2/c1-15(2)10-9-14-13(16)8-11-17-12-6-4-3-5-7-12/h3-7H,8-11H2,1-2H3,(H,14,16). The highest BCUT2D eigenvalue weighted by molar-refractivity contribution is 5.75. The molecule has 0 heterocycles. The normalized spacial score (nSPS) is 10.3. The van der Waals surface area contributed by atoms with Crippen LogP contribution < -0.4 is 10.1 Å². The minimum Gasteiger partial charge on any atom is -0.493 e. The fourth-order valence-electron chi connectivity index (χ4n) is 1.29.